The second-order valence-corrected chi connectivity index (χ2v) is 8.89. The molecule has 0 aliphatic carbocycles. The van der Waals surface area contributed by atoms with Crippen LogP contribution in [0.15, 0.2) is 65.6 Å². The van der Waals surface area contributed by atoms with Gasteiger partial charge in [-0.2, -0.15) is 4.31 Å². The Morgan fingerprint density at radius 2 is 1.54 bits per heavy atom. The van der Waals surface area contributed by atoms with Gasteiger partial charge in [0.05, 0.1) is 10.9 Å². The summed E-state index contributed by atoms with van der Waals surface area (Å²) in [6.07, 6.45) is 0.794. The van der Waals surface area contributed by atoms with E-state index in [4.69, 9.17) is 0 Å². The van der Waals surface area contributed by atoms with Gasteiger partial charge in [0, 0.05) is 32.7 Å². The Morgan fingerprint density at radius 1 is 0.964 bits per heavy atom. The summed E-state index contributed by atoms with van der Waals surface area (Å²) in [6, 6.07) is 18.2. The predicted octanol–water partition coefficient (Wildman–Crippen LogP) is 1.74. The highest BCUT2D eigenvalue weighted by Gasteiger charge is 2.31. The molecule has 1 heterocycles. The van der Waals surface area contributed by atoms with E-state index < -0.39 is 10.0 Å². The van der Waals surface area contributed by atoms with Crippen molar-refractivity contribution in [3.05, 3.63) is 66.2 Å². The van der Waals surface area contributed by atoms with Crippen molar-refractivity contribution in [1.82, 2.24) is 14.5 Å². The number of rotatable bonds is 7. The lowest BCUT2D eigenvalue weighted by Gasteiger charge is -2.36. The number of carbonyl (C=O) groups is 1. The van der Waals surface area contributed by atoms with Crippen molar-refractivity contribution < 1.29 is 13.2 Å². The van der Waals surface area contributed by atoms with Crippen LogP contribution in [-0.2, 0) is 21.2 Å². The largest absolute Gasteiger partial charge is 0.354 e. The number of piperazine rings is 1. The van der Waals surface area contributed by atoms with Crippen LogP contribution in [0.1, 0.15) is 12.5 Å². The Kier molecular flexibility index (Phi) is 6.83. The van der Waals surface area contributed by atoms with E-state index in [1.807, 2.05) is 42.2 Å². The van der Waals surface area contributed by atoms with Crippen molar-refractivity contribution in [3.63, 3.8) is 0 Å². The van der Waals surface area contributed by atoms with Gasteiger partial charge in [-0.15, -0.1) is 0 Å². The second-order valence-electron chi connectivity index (χ2n) is 6.96. The van der Waals surface area contributed by atoms with Crippen LogP contribution < -0.4 is 5.32 Å². The van der Waals surface area contributed by atoms with Crippen LogP contribution >= 0.6 is 0 Å². The van der Waals surface area contributed by atoms with Crippen LogP contribution in [0.3, 0.4) is 0 Å². The minimum atomic E-state index is -3.47. The van der Waals surface area contributed by atoms with Crippen molar-refractivity contribution in [2.24, 2.45) is 0 Å². The zero-order valence-corrected chi connectivity index (χ0v) is 16.9. The van der Waals surface area contributed by atoms with Gasteiger partial charge in [-0.1, -0.05) is 48.5 Å². The van der Waals surface area contributed by atoms with Gasteiger partial charge in [0.2, 0.25) is 15.9 Å². The Balaban J connectivity index is 1.48. The summed E-state index contributed by atoms with van der Waals surface area (Å²) in [5, 5.41) is 2.98. The Morgan fingerprint density at radius 3 is 2.14 bits per heavy atom. The minimum absolute atomic E-state index is 0.0182. The van der Waals surface area contributed by atoms with Crippen molar-refractivity contribution in [2.75, 3.05) is 32.7 Å². The molecule has 1 amide bonds. The number of amides is 1. The van der Waals surface area contributed by atoms with Crippen molar-refractivity contribution in [3.8, 4) is 0 Å². The molecule has 1 fully saturated rings. The van der Waals surface area contributed by atoms with Crippen molar-refractivity contribution in [2.45, 2.75) is 24.3 Å². The van der Waals surface area contributed by atoms with Gasteiger partial charge in [-0.25, -0.2) is 8.42 Å². The van der Waals surface area contributed by atoms with Crippen molar-refractivity contribution >= 4 is 15.9 Å². The summed E-state index contributed by atoms with van der Waals surface area (Å²) in [7, 11) is -3.47. The quantitative estimate of drug-likeness (QED) is 0.767. The van der Waals surface area contributed by atoms with E-state index in [9.17, 15) is 13.2 Å². The number of sulfonamides is 1. The lowest BCUT2D eigenvalue weighted by molar-refractivity contribution is -0.126. The molecule has 0 unspecified atom stereocenters. The molecule has 6 nitrogen and oxygen atoms in total. The first-order valence-electron chi connectivity index (χ1n) is 9.59. The molecule has 0 spiro atoms. The fourth-order valence-electron chi connectivity index (χ4n) is 3.36. The number of carbonyl (C=O) groups excluding carboxylic acids is 1. The van der Waals surface area contributed by atoms with Gasteiger partial charge >= 0.3 is 0 Å². The fourth-order valence-corrected chi connectivity index (χ4v) is 4.80. The average molecular weight is 402 g/mol. The van der Waals surface area contributed by atoms with E-state index in [1.54, 1.807) is 30.3 Å². The van der Waals surface area contributed by atoms with Crippen LogP contribution in [0.5, 0.6) is 0 Å². The molecular weight excluding hydrogens is 374 g/mol. The first-order valence-corrected chi connectivity index (χ1v) is 11.0. The van der Waals surface area contributed by atoms with Crippen molar-refractivity contribution in [1.29, 1.82) is 0 Å². The lowest BCUT2D eigenvalue weighted by Crippen LogP contribution is -2.55. The molecule has 1 N–H and O–H groups in total. The standard InChI is InChI=1S/C21H27N3O3S/c1-18(21(25)22-13-12-19-8-4-2-5-9-19)23-14-16-24(17-15-23)28(26,27)20-10-6-3-7-11-20/h2-11,18H,12-17H2,1H3,(H,22,25)/t18-/m1/s1. The number of hydrogen-bond donors (Lipinski definition) is 1. The van der Waals surface area contributed by atoms with Gasteiger partial charge in [0.1, 0.15) is 0 Å². The number of nitrogens with zero attached hydrogens (tertiary/aromatic N) is 2. The molecule has 28 heavy (non-hydrogen) atoms. The Bertz CT molecular complexity index is 864. The molecule has 1 saturated heterocycles. The lowest BCUT2D eigenvalue weighted by atomic mass is 10.1. The third kappa shape index (κ3) is 4.98. The first-order chi connectivity index (χ1) is 13.5. The second kappa shape index (κ2) is 9.32. The van der Waals surface area contributed by atoms with Crippen LogP contribution in [0.25, 0.3) is 0 Å². The predicted molar refractivity (Wildman–Crippen MR) is 109 cm³/mol. The highest BCUT2D eigenvalue weighted by atomic mass is 32.2. The topological polar surface area (TPSA) is 69.7 Å². The van der Waals surface area contributed by atoms with Gasteiger partial charge in [0.25, 0.3) is 0 Å². The normalized spacial score (nSPS) is 17.2. The monoisotopic (exact) mass is 401 g/mol. The summed E-state index contributed by atoms with van der Waals surface area (Å²) < 4.78 is 26.9. The fraction of sp³-hybridized carbons (Fsp3) is 0.381. The van der Waals surface area contributed by atoms with E-state index >= 15 is 0 Å². The van der Waals surface area contributed by atoms with E-state index in [0.717, 1.165) is 6.42 Å². The number of benzene rings is 2. The van der Waals surface area contributed by atoms with E-state index in [1.165, 1.54) is 9.87 Å². The van der Waals surface area contributed by atoms with Crippen LogP contribution in [0.2, 0.25) is 0 Å². The van der Waals surface area contributed by atoms with Gasteiger partial charge in [-0.3, -0.25) is 9.69 Å². The molecule has 0 saturated carbocycles. The summed E-state index contributed by atoms with van der Waals surface area (Å²) in [5.74, 6) is -0.0182. The smallest absolute Gasteiger partial charge is 0.243 e. The molecule has 1 aliphatic rings. The molecule has 0 aromatic heterocycles. The van der Waals surface area contributed by atoms with Gasteiger partial charge in [0.15, 0.2) is 0 Å². The average Bonchev–Trinajstić information content (AvgIpc) is 2.74. The molecule has 7 heteroatoms. The summed E-state index contributed by atoms with van der Waals surface area (Å²) in [6.45, 7) is 4.32. The third-order valence-corrected chi connectivity index (χ3v) is 7.05. The zero-order chi connectivity index (χ0) is 20.0. The zero-order valence-electron chi connectivity index (χ0n) is 16.1. The number of hydrogen-bond acceptors (Lipinski definition) is 4. The van der Waals surface area contributed by atoms with Gasteiger partial charge in [-0.05, 0) is 31.0 Å². The molecule has 3 rings (SSSR count). The molecule has 2 aromatic rings. The molecule has 2 aromatic carbocycles. The van der Waals surface area contributed by atoms with Crippen LogP contribution in [-0.4, -0.2) is 62.3 Å². The van der Waals surface area contributed by atoms with E-state index in [2.05, 4.69) is 5.32 Å². The number of nitrogens with one attached hydrogen (secondary N) is 1. The SMILES string of the molecule is C[C@H](C(=O)NCCc1ccccc1)N1CCN(S(=O)(=O)c2ccccc2)CC1. The molecule has 0 bridgehead atoms. The maximum atomic E-state index is 12.7. The molecular formula is C21H27N3O3S. The van der Waals surface area contributed by atoms with Gasteiger partial charge < -0.3 is 5.32 Å². The third-order valence-electron chi connectivity index (χ3n) is 5.14. The summed E-state index contributed by atoms with van der Waals surface area (Å²) in [4.78, 5) is 14.8. The molecule has 150 valence electrons. The maximum Gasteiger partial charge on any atom is 0.243 e. The summed E-state index contributed by atoms with van der Waals surface area (Å²) in [5.41, 5.74) is 1.19. The van der Waals surface area contributed by atoms with Crippen LogP contribution in [0, 0.1) is 0 Å². The highest BCUT2D eigenvalue weighted by molar-refractivity contribution is 7.89. The van der Waals surface area contributed by atoms with E-state index in [0.29, 0.717) is 37.6 Å². The van der Waals surface area contributed by atoms with E-state index in [-0.39, 0.29) is 11.9 Å². The summed E-state index contributed by atoms with van der Waals surface area (Å²) >= 11 is 0. The van der Waals surface area contributed by atoms with Crippen LogP contribution in [0.4, 0.5) is 0 Å². The minimum Gasteiger partial charge on any atom is -0.354 e. The highest BCUT2D eigenvalue weighted by Crippen LogP contribution is 2.18. The Hall–Kier alpha value is -2.22. The molecule has 1 atom stereocenters. The first kappa shape index (κ1) is 20.5. The molecule has 1 aliphatic heterocycles. The Labute approximate surface area is 167 Å². The maximum absolute atomic E-state index is 12.7. The molecule has 0 radical (unpaired) electrons.